The number of phenolic OH excluding ortho intramolecular Hbond substituents is 1. The highest BCUT2D eigenvalue weighted by Crippen LogP contribution is 2.38. The first kappa shape index (κ1) is 31.5. The number of aromatic hydroxyl groups is 1. The molecule has 0 aromatic heterocycles. The maximum atomic E-state index is 14.7. The van der Waals surface area contributed by atoms with E-state index in [0.29, 0.717) is 4.90 Å². The van der Waals surface area contributed by atoms with Crippen LogP contribution in [0.3, 0.4) is 0 Å². The van der Waals surface area contributed by atoms with Gasteiger partial charge >= 0.3 is 6.18 Å². The van der Waals surface area contributed by atoms with Crippen LogP contribution in [0.4, 0.5) is 22.0 Å². The number of benzene rings is 2. The molecule has 1 aliphatic heterocycles. The van der Waals surface area contributed by atoms with Gasteiger partial charge in [0.15, 0.2) is 6.10 Å². The molecule has 2 aromatic rings. The van der Waals surface area contributed by atoms with Crippen molar-refractivity contribution in [1.29, 1.82) is 0 Å². The minimum atomic E-state index is -4.70. The molecule has 4 atom stereocenters. The summed E-state index contributed by atoms with van der Waals surface area (Å²) in [5.74, 6) is -8.48. The number of phenols is 1. The van der Waals surface area contributed by atoms with Crippen LogP contribution in [0.15, 0.2) is 55.1 Å². The van der Waals surface area contributed by atoms with E-state index in [9.17, 15) is 46.5 Å². The summed E-state index contributed by atoms with van der Waals surface area (Å²) in [6, 6.07) is 4.70. The minimum absolute atomic E-state index is 0.0231. The van der Waals surface area contributed by atoms with Gasteiger partial charge in [-0.25, -0.2) is 8.78 Å². The summed E-state index contributed by atoms with van der Waals surface area (Å²) in [4.78, 5) is 39.8. The maximum absolute atomic E-state index is 14.7. The second kappa shape index (κ2) is 12.2. The highest BCUT2D eigenvalue weighted by Gasteiger charge is 2.57. The van der Waals surface area contributed by atoms with Crippen LogP contribution in [0.25, 0.3) is 0 Å². The van der Waals surface area contributed by atoms with Gasteiger partial charge in [0.2, 0.25) is 5.91 Å². The Bertz CT molecular complexity index is 1320. The van der Waals surface area contributed by atoms with E-state index in [-0.39, 0.29) is 29.0 Å². The lowest BCUT2D eigenvalue weighted by Crippen LogP contribution is -2.56. The summed E-state index contributed by atoms with van der Waals surface area (Å²) in [5, 5.41) is 25.8. The summed E-state index contributed by atoms with van der Waals surface area (Å²) in [7, 11) is 0. The molecule has 222 valence electrons. The van der Waals surface area contributed by atoms with Crippen LogP contribution < -0.4 is 10.6 Å². The van der Waals surface area contributed by atoms with E-state index in [1.165, 1.54) is 37.3 Å². The Labute approximate surface area is 232 Å². The van der Waals surface area contributed by atoms with Gasteiger partial charge < -0.3 is 25.7 Å². The standard InChI is InChI=1S/C28H30F5N3O5/c1-4-11-34-25(40)22-16(3)27(29,30)14-36(22)26(41)23(38)20(13-17-7-5-8-18(12-17)28(31,32)33)35-24(39)19-9-6-10-21(37)15(19)2/h4-10,12,16,20,22-23,37-38H,1,11,13-14H2,2-3H3,(H,34,40)(H,35,39)/t16?,20-,22-,23-/m0/s1. The van der Waals surface area contributed by atoms with Crippen molar-refractivity contribution in [3.8, 4) is 5.75 Å². The number of aliphatic hydroxyl groups is 1. The Hall–Kier alpha value is -4.00. The minimum Gasteiger partial charge on any atom is -0.508 e. The number of likely N-dealkylation sites (tertiary alicyclic amines) is 1. The largest absolute Gasteiger partial charge is 0.508 e. The zero-order valence-electron chi connectivity index (χ0n) is 22.2. The second-order valence-electron chi connectivity index (χ2n) is 9.87. The SMILES string of the molecule is C=CCNC(=O)[C@@H]1C(C)C(F)(F)CN1C(=O)[C@@H](O)[C@H](Cc1cccc(C(F)(F)F)c1)NC(=O)c1cccc(O)c1C. The lowest BCUT2D eigenvalue weighted by molar-refractivity contribution is -0.147. The van der Waals surface area contributed by atoms with Crippen molar-refractivity contribution in [3.63, 3.8) is 0 Å². The predicted molar refractivity (Wildman–Crippen MR) is 138 cm³/mol. The van der Waals surface area contributed by atoms with E-state index in [1.54, 1.807) is 0 Å². The Balaban J connectivity index is 1.98. The summed E-state index contributed by atoms with van der Waals surface area (Å²) in [5.41, 5.74) is -0.945. The molecule has 1 fully saturated rings. The molecule has 1 unspecified atom stereocenters. The van der Waals surface area contributed by atoms with Crippen molar-refractivity contribution in [2.24, 2.45) is 5.92 Å². The molecule has 8 nitrogen and oxygen atoms in total. The molecule has 3 amide bonds. The zero-order valence-corrected chi connectivity index (χ0v) is 22.2. The number of aliphatic hydroxyl groups excluding tert-OH is 1. The second-order valence-corrected chi connectivity index (χ2v) is 9.87. The van der Waals surface area contributed by atoms with Crippen LogP contribution in [0.5, 0.6) is 5.75 Å². The van der Waals surface area contributed by atoms with E-state index in [1.807, 2.05) is 0 Å². The average molecular weight is 584 g/mol. The van der Waals surface area contributed by atoms with E-state index >= 15 is 0 Å². The molecular formula is C28H30F5N3O5. The quantitative estimate of drug-likeness (QED) is 0.267. The topological polar surface area (TPSA) is 119 Å². The Morgan fingerprint density at radius 3 is 2.49 bits per heavy atom. The fourth-order valence-corrected chi connectivity index (χ4v) is 4.66. The molecule has 4 N–H and O–H groups in total. The highest BCUT2D eigenvalue weighted by atomic mass is 19.4. The predicted octanol–water partition coefficient (Wildman–Crippen LogP) is 3.21. The van der Waals surface area contributed by atoms with Crippen molar-refractivity contribution in [2.75, 3.05) is 13.1 Å². The fraction of sp³-hybridized carbons (Fsp3) is 0.393. The molecule has 3 rings (SSSR count). The summed E-state index contributed by atoms with van der Waals surface area (Å²) in [6.07, 6.45) is -6.14. The number of nitrogens with one attached hydrogen (secondary N) is 2. The van der Waals surface area contributed by atoms with Crippen molar-refractivity contribution < 1.29 is 46.5 Å². The van der Waals surface area contributed by atoms with Gasteiger partial charge in [-0.15, -0.1) is 6.58 Å². The first-order chi connectivity index (χ1) is 19.1. The monoisotopic (exact) mass is 583 g/mol. The molecule has 0 bridgehead atoms. The van der Waals surface area contributed by atoms with Crippen LogP contribution in [0.1, 0.15) is 34.0 Å². The van der Waals surface area contributed by atoms with E-state index in [2.05, 4.69) is 17.2 Å². The first-order valence-electron chi connectivity index (χ1n) is 12.6. The highest BCUT2D eigenvalue weighted by molar-refractivity contribution is 5.97. The molecule has 0 aliphatic carbocycles. The van der Waals surface area contributed by atoms with Gasteiger partial charge in [0.05, 0.1) is 24.1 Å². The lowest BCUT2D eigenvalue weighted by Gasteiger charge is -2.31. The molecule has 0 radical (unpaired) electrons. The molecule has 1 heterocycles. The molecule has 0 spiro atoms. The van der Waals surface area contributed by atoms with Crippen LogP contribution in [-0.2, 0) is 22.2 Å². The zero-order chi connectivity index (χ0) is 30.7. The normalized spacial score (nSPS) is 19.8. The third kappa shape index (κ3) is 7.02. The van der Waals surface area contributed by atoms with E-state index < -0.39 is 72.5 Å². The number of carbonyl (C=O) groups is 3. The van der Waals surface area contributed by atoms with Crippen molar-refractivity contribution in [1.82, 2.24) is 15.5 Å². The Morgan fingerprint density at radius 2 is 1.85 bits per heavy atom. The summed E-state index contributed by atoms with van der Waals surface area (Å²) in [6.45, 7) is 4.65. The number of amides is 3. The summed E-state index contributed by atoms with van der Waals surface area (Å²) >= 11 is 0. The number of alkyl halides is 5. The van der Waals surface area contributed by atoms with Gasteiger partial charge in [0.25, 0.3) is 17.7 Å². The molecule has 0 saturated carbocycles. The smallest absolute Gasteiger partial charge is 0.416 e. The number of halogens is 5. The number of rotatable bonds is 9. The van der Waals surface area contributed by atoms with Gasteiger partial charge in [-0.05, 0) is 37.1 Å². The summed E-state index contributed by atoms with van der Waals surface area (Å²) < 4.78 is 69.3. The van der Waals surface area contributed by atoms with Crippen molar-refractivity contribution in [3.05, 3.63) is 77.4 Å². The van der Waals surface area contributed by atoms with E-state index in [0.717, 1.165) is 25.1 Å². The van der Waals surface area contributed by atoms with E-state index in [4.69, 9.17) is 0 Å². The van der Waals surface area contributed by atoms with Gasteiger partial charge in [0, 0.05) is 17.7 Å². The van der Waals surface area contributed by atoms with Gasteiger partial charge in [-0.2, -0.15) is 13.2 Å². The van der Waals surface area contributed by atoms with Gasteiger partial charge in [-0.3, -0.25) is 14.4 Å². The van der Waals surface area contributed by atoms with Crippen LogP contribution in [0.2, 0.25) is 0 Å². The Morgan fingerprint density at radius 1 is 1.20 bits per heavy atom. The van der Waals surface area contributed by atoms with Gasteiger partial charge in [-0.1, -0.05) is 37.3 Å². The fourth-order valence-electron chi connectivity index (χ4n) is 4.66. The molecule has 1 aliphatic rings. The third-order valence-electron chi connectivity index (χ3n) is 7.04. The number of carbonyl (C=O) groups excluding carboxylic acids is 3. The molecular weight excluding hydrogens is 553 g/mol. The number of nitrogens with zero attached hydrogens (tertiary/aromatic N) is 1. The first-order valence-corrected chi connectivity index (χ1v) is 12.6. The van der Waals surface area contributed by atoms with Crippen LogP contribution >= 0.6 is 0 Å². The molecule has 1 saturated heterocycles. The van der Waals surface area contributed by atoms with Gasteiger partial charge in [0.1, 0.15) is 11.8 Å². The maximum Gasteiger partial charge on any atom is 0.416 e. The Kier molecular flexibility index (Phi) is 9.42. The number of hydrogen-bond donors (Lipinski definition) is 4. The van der Waals surface area contributed by atoms with Crippen LogP contribution in [-0.4, -0.2) is 70.0 Å². The number of hydrogen-bond acceptors (Lipinski definition) is 5. The third-order valence-corrected chi connectivity index (χ3v) is 7.04. The van der Waals surface area contributed by atoms with Crippen molar-refractivity contribution >= 4 is 17.7 Å². The average Bonchev–Trinajstić information content (AvgIpc) is 3.15. The lowest BCUT2D eigenvalue weighted by atomic mass is 9.96. The van der Waals surface area contributed by atoms with Crippen LogP contribution in [0, 0.1) is 12.8 Å². The molecule has 41 heavy (non-hydrogen) atoms. The van der Waals surface area contributed by atoms with Crippen molar-refractivity contribution in [2.45, 2.75) is 50.6 Å². The molecule has 13 heteroatoms. The molecule has 2 aromatic carbocycles.